The lowest BCUT2D eigenvalue weighted by molar-refractivity contribution is -0.274. The molecule has 1 aliphatic rings. The number of aromatic hydroxyl groups is 1. The van der Waals surface area contributed by atoms with Gasteiger partial charge in [-0.2, -0.15) is 0 Å². The van der Waals surface area contributed by atoms with E-state index in [1.165, 1.54) is 18.3 Å². The van der Waals surface area contributed by atoms with E-state index in [0.29, 0.717) is 12.0 Å². The molecule has 1 aliphatic heterocycles. The topological polar surface area (TPSA) is 102 Å². The summed E-state index contributed by atoms with van der Waals surface area (Å²) in [4.78, 5) is 31.3. The molecule has 2 aromatic heterocycles. The van der Waals surface area contributed by atoms with Gasteiger partial charge >= 0.3 is 12.1 Å². The van der Waals surface area contributed by atoms with E-state index in [9.17, 15) is 27.9 Å². The molecule has 0 radical (unpaired) electrons. The van der Waals surface area contributed by atoms with Gasteiger partial charge in [-0.15, -0.1) is 13.2 Å². The number of carbonyl (C=O) groups excluding carboxylic acids is 1. The van der Waals surface area contributed by atoms with Gasteiger partial charge in [0.1, 0.15) is 11.9 Å². The molecule has 1 aromatic carbocycles. The summed E-state index contributed by atoms with van der Waals surface area (Å²) in [5.41, 5.74) is 0.982. The first-order chi connectivity index (χ1) is 16.7. The van der Waals surface area contributed by atoms with Crippen molar-refractivity contribution in [2.75, 3.05) is 20.1 Å². The molecule has 1 amide bonds. The molecule has 2 N–H and O–H groups in total. The number of rotatable bonds is 7. The number of nitrogens with one attached hydrogen (secondary N) is 1. The maximum absolute atomic E-state index is 13.3. The number of benzene rings is 1. The van der Waals surface area contributed by atoms with Crippen LogP contribution < -0.4 is 15.7 Å². The van der Waals surface area contributed by atoms with E-state index in [4.69, 9.17) is 0 Å². The van der Waals surface area contributed by atoms with Crippen LogP contribution in [-0.2, 0) is 4.79 Å². The largest absolute Gasteiger partial charge is 0.573 e. The molecule has 4 rings (SSSR count). The van der Waals surface area contributed by atoms with Crippen molar-refractivity contribution in [1.29, 1.82) is 0 Å². The molecule has 12 heteroatoms. The number of aromatic nitrogens is 3. The van der Waals surface area contributed by atoms with Crippen molar-refractivity contribution in [1.82, 2.24) is 24.3 Å². The fraction of sp³-hybridized carbons (Fsp3) is 0.348. The number of amides is 1. The molecule has 0 spiro atoms. The number of alkyl halides is 3. The zero-order valence-electron chi connectivity index (χ0n) is 18.8. The Morgan fingerprint density at radius 3 is 2.51 bits per heavy atom. The Hall–Kier alpha value is -3.80. The van der Waals surface area contributed by atoms with Crippen LogP contribution in [0.5, 0.6) is 11.6 Å². The van der Waals surface area contributed by atoms with Gasteiger partial charge in [0.05, 0.1) is 11.9 Å². The minimum absolute atomic E-state index is 0.121. The van der Waals surface area contributed by atoms with Crippen molar-refractivity contribution in [3.8, 4) is 17.3 Å². The number of likely N-dealkylation sites (tertiary alicyclic amines) is 1. The van der Waals surface area contributed by atoms with Crippen LogP contribution in [0.2, 0.25) is 0 Å². The third-order valence-corrected chi connectivity index (χ3v) is 6.07. The predicted octanol–water partition coefficient (Wildman–Crippen LogP) is 2.74. The average Bonchev–Trinajstić information content (AvgIpc) is 3.11. The second kappa shape index (κ2) is 9.82. The van der Waals surface area contributed by atoms with E-state index in [1.54, 1.807) is 18.5 Å². The van der Waals surface area contributed by atoms with Crippen LogP contribution in [0.3, 0.4) is 0 Å². The Bertz CT molecular complexity index is 1230. The minimum atomic E-state index is -4.85. The summed E-state index contributed by atoms with van der Waals surface area (Å²) in [7, 11) is 2.05. The average molecular weight is 491 g/mol. The highest BCUT2D eigenvalue weighted by atomic mass is 19.4. The number of hydrogen-bond donors (Lipinski definition) is 2. The number of pyridine rings is 1. The van der Waals surface area contributed by atoms with Gasteiger partial charge in [-0.1, -0.05) is 0 Å². The summed E-state index contributed by atoms with van der Waals surface area (Å²) in [5.74, 6) is -0.737. The molecule has 3 heterocycles. The van der Waals surface area contributed by atoms with E-state index in [1.807, 2.05) is 7.05 Å². The van der Waals surface area contributed by atoms with Crippen LogP contribution in [0.1, 0.15) is 36.1 Å². The van der Waals surface area contributed by atoms with Crippen molar-refractivity contribution in [2.45, 2.75) is 31.3 Å². The number of hydrogen-bond acceptors (Lipinski definition) is 6. The van der Waals surface area contributed by atoms with E-state index in [2.05, 4.69) is 19.9 Å². The molecule has 35 heavy (non-hydrogen) atoms. The molecule has 0 saturated carbocycles. The Morgan fingerprint density at radius 2 is 1.89 bits per heavy atom. The molecule has 0 bridgehead atoms. The Morgan fingerprint density at radius 1 is 1.20 bits per heavy atom. The number of piperidine rings is 1. The standard InChI is InChI=1S/C23H24F3N5O4/c1-29-10-7-15(8-11-29)19-12-27-9-6-18(19)21(28-14-32)30-13-20(33)31(22(30)34)16-2-4-17(5-3-16)35-23(24,25)26/h2-6,9,12-15,21,33H,7-8,10-11H2,1H3,(H,28,32). The molecule has 1 saturated heterocycles. The predicted molar refractivity (Wildman–Crippen MR) is 119 cm³/mol. The first-order valence-electron chi connectivity index (χ1n) is 10.9. The minimum Gasteiger partial charge on any atom is -0.493 e. The molecular weight excluding hydrogens is 467 g/mol. The molecule has 1 fully saturated rings. The number of imidazole rings is 1. The SMILES string of the molecule is CN1CCC(c2cnccc2C(NC=O)n2cc(O)n(-c3ccc(OC(F)(F)F)cc3)c2=O)CC1. The summed E-state index contributed by atoms with van der Waals surface area (Å²) in [6.45, 7) is 1.80. The molecule has 0 aliphatic carbocycles. The molecule has 3 aromatic rings. The van der Waals surface area contributed by atoms with Crippen molar-refractivity contribution in [3.63, 3.8) is 0 Å². The highest BCUT2D eigenvalue weighted by Gasteiger charge is 2.31. The first kappa shape index (κ1) is 24.3. The van der Waals surface area contributed by atoms with Crippen LogP contribution in [-0.4, -0.2) is 57.0 Å². The van der Waals surface area contributed by atoms with E-state index < -0.39 is 29.8 Å². The lowest BCUT2D eigenvalue weighted by Crippen LogP contribution is -2.36. The van der Waals surface area contributed by atoms with Crippen molar-refractivity contribution >= 4 is 6.41 Å². The highest BCUT2D eigenvalue weighted by Crippen LogP contribution is 2.33. The van der Waals surface area contributed by atoms with Crippen molar-refractivity contribution in [2.24, 2.45) is 0 Å². The van der Waals surface area contributed by atoms with Crippen LogP contribution in [0.15, 0.2) is 53.7 Å². The van der Waals surface area contributed by atoms with E-state index >= 15 is 0 Å². The summed E-state index contributed by atoms with van der Waals surface area (Å²) >= 11 is 0. The summed E-state index contributed by atoms with van der Waals surface area (Å²) in [6.07, 6.45) is 0.912. The Kier molecular flexibility index (Phi) is 6.83. The van der Waals surface area contributed by atoms with Gasteiger partial charge in [0.2, 0.25) is 12.3 Å². The molecular formula is C23H24F3N5O4. The Balaban J connectivity index is 1.71. The fourth-order valence-electron chi connectivity index (χ4n) is 4.39. The first-order valence-corrected chi connectivity index (χ1v) is 10.9. The normalized spacial score (nSPS) is 16.1. The zero-order chi connectivity index (χ0) is 25.2. The quantitative estimate of drug-likeness (QED) is 0.493. The number of halogens is 3. The molecule has 186 valence electrons. The van der Waals surface area contributed by atoms with Crippen LogP contribution in [0.4, 0.5) is 13.2 Å². The smallest absolute Gasteiger partial charge is 0.493 e. The number of nitrogens with zero attached hydrogens (tertiary/aromatic N) is 4. The van der Waals surface area contributed by atoms with Crippen molar-refractivity contribution in [3.05, 3.63) is 70.5 Å². The third kappa shape index (κ3) is 5.32. The van der Waals surface area contributed by atoms with Gasteiger partial charge in [0, 0.05) is 18.0 Å². The monoisotopic (exact) mass is 491 g/mol. The number of carbonyl (C=O) groups is 1. The molecule has 1 atom stereocenters. The van der Waals surface area contributed by atoms with Crippen LogP contribution in [0, 0.1) is 0 Å². The summed E-state index contributed by atoms with van der Waals surface area (Å²) in [5, 5.41) is 13.2. The second-order valence-corrected chi connectivity index (χ2v) is 8.32. The van der Waals surface area contributed by atoms with E-state index in [0.717, 1.165) is 52.8 Å². The van der Waals surface area contributed by atoms with Gasteiger partial charge in [-0.25, -0.2) is 9.36 Å². The van der Waals surface area contributed by atoms with Gasteiger partial charge in [0.15, 0.2) is 0 Å². The summed E-state index contributed by atoms with van der Waals surface area (Å²) in [6, 6.07) is 6.22. The summed E-state index contributed by atoms with van der Waals surface area (Å²) < 4.78 is 43.3. The van der Waals surface area contributed by atoms with Crippen molar-refractivity contribution < 1.29 is 27.8 Å². The van der Waals surface area contributed by atoms with E-state index in [-0.39, 0.29) is 11.6 Å². The lowest BCUT2D eigenvalue weighted by atomic mass is 9.87. The molecule has 9 nitrogen and oxygen atoms in total. The fourth-order valence-corrected chi connectivity index (χ4v) is 4.39. The zero-order valence-corrected chi connectivity index (χ0v) is 18.8. The second-order valence-electron chi connectivity index (χ2n) is 8.32. The maximum Gasteiger partial charge on any atom is 0.573 e. The van der Waals surface area contributed by atoms with Crippen LogP contribution >= 0.6 is 0 Å². The van der Waals surface area contributed by atoms with Gasteiger partial charge in [-0.05, 0) is 74.8 Å². The third-order valence-electron chi connectivity index (χ3n) is 6.07. The molecule has 1 unspecified atom stereocenters. The number of ether oxygens (including phenoxy) is 1. The maximum atomic E-state index is 13.3. The highest BCUT2D eigenvalue weighted by molar-refractivity contribution is 5.49. The van der Waals surface area contributed by atoms with Gasteiger partial charge in [0.25, 0.3) is 0 Å². The van der Waals surface area contributed by atoms with Gasteiger partial charge in [-0.3, -0.25) is 14.3 Å². The lowest BCUT2D eigenvalue weighted by Gasteiger charge is -2.31. The Labute approximate surface area is 198 Å². The van der Waals surface area contributed by atoms with Gasteiger partial charge < -0.3 is 20.1 Å². The van der Waals surface area contributed by atoms with Crippen LogP contribution in [0.25, 0.3) is 5.69 Å².